The lowest BCUT2D eigenvalue weighted by Crippen LogP contribution is -2.44. The Bertz CT molecular complexity index is 550. The lowest BCUT2D eigenvalue weighted by Gasteiger charge is -2.27. The molecule has 21 heavy (non-hydrogen) atoms. The molecule has 2 unspecified atom stereocenters. The average Bonchev–Trinajstić information content (AvgIpc) is 2.34. The molecule has 1 aromatic rings. The van der Waals surface area contributed by atoms with Gasteiger partial charge in [0, 0.05) is 5.56 Å². The third kappa shape index (κ3) is 3.49. The molecule has 0 saturated heterocycles. The van der Waals surface area contributed by atoms with Crippen molar-refractivity contribution in [2.75, 3.05) is 0 Å². The highest BCUT2D eigenvalue weighted by Crippen LogP contribution is 2.39. The van der Waals surface area contributed by atoms with Crippen molar-refractivity contribution in [2.24, 2.45) is 0 Å². The van der Waals surface area contributed by atoms with Gasteiger partial charge in [-0.2, -0.15) is 26.3 Å². The minimum Gasteiger partial charge on any atom is -0.370 e. The highest BCUT2D eigenvalue weighted by molar-refractivity contribution is 5.35. The summed E-state index contributed by atoms with van der Waals surface area (Å²) in [6, 6.07) is 5.42. The molecule has 0 amide bonds. The molecule has 2 atom stereocenters. The molecule has 0 aliphatic rings. The Morgan fingerprint density at radius 1 is 0.810 bits per heavy atom. The molecule has 1 aromatic carbocycles. The van der Waals surface area contributed by atoms with Gasteiger partial charge < -0.3 is 10.2 Å². The van der Waals surface area contributed by atoms with Gasteiger partial charge in [-0.1, -0.05) is 42.2 Å². The van der Waals surface area contributed by atoms with Crippen molar-refractivity contribution in [1.29, 1.82) is 0 Å². The lowest BCUT2D eigenvalue weighted by atomic mass is 9.92. The van der Waals surface area contributed by atoms with Gasteiger partial charge >= 0.3 is 12.4 Å². The van der Waals surface area contributed by atoms with Crippen LogP contribution in [0.25, 0.3) is 0 Å². The van der Waals surface area contributed by atoms with Gasteiger partial charge in [0.15, 0.2) is 0 Å². The summed E-state index contributed by atoms with van der Waals surface area (Å²) in [5.74, 6) is 2.16. The second-order valence-corrected chi connectivity index (χ2v) is 4.39. The zero-order valence-electron chi connectivity index (χ0n) is 10.5. The number of rotatable bonds is 1. The van der Waals surface area contributed by atoms with Crippen LogP contribution in [0.15, 0.2) is 30.3 Å². The molecular weight excluding hydrogens is 302 g/mol. The van der Waals surface area contributed by atoms with Gasteiger partial charge in [0.1, 0.15) is 0 Å². The van der Waals surface area contributed by atoms with E-state index in [1.165, 1.54) is 6.07 Å². The van der Waals surface area contributed by atoms with Crippen LogP contribution in [0.3, 0.4) is 0 Å². The monoisotopic (exact) mass is 312 g/mol. The van der Waals surface area contributed by atoms with Crippen LogP contribution in [-0.4, -0.2) is 28.2 Å². The van der Waals surface area contributed by atoms with E-state index in [9.17, 15) is 31.4 Å². The van der Waals surface area contributed by atoms with Crippen molar-refractivity contribution in [3.8, 4) is 11.8 Å². The van der Waals surface area contributed by atoms with E-state index in [2.05, 4.69) is 0 Å². The van der Waals surface area contributed by atoms with Gasteiger partial charge in [0.2, 0.25) is 11.2 Å². The largest absolute Gasteiger partial charge is 0.433 e. The van der Waals surface area contributed by atoms with Crippen LogP contribution in [0.2, 0.25) is 0 Å². The maximum atomic E-state index is 12.9. The Labute approximate surface area is 116 Å². The van der Waals surface area contributed by atoms with Crippen molar-refractivity contribution >= 4 is 0 Å². The molecule has 0 aromatic heterocycles. The van der Waals surface area contributed by atoms with Crippen LogP contribution < -0.4 is 0 Å². The number of hydrogen-bond donors (Lipinski definition) is 2. The van der Waals surface area contributed by atoms with Gasteiger partial charge in [0.25, 0.3) is 0 Å². The van der Waals surface area contributed by atoms with Crippen LogP contribution in [-0.2, 0) is 5.60 Å². The first kappa shape index (κ1) is 17.3. The minimum absolute atomic E-state index is 0.196. The van der Waals surface area contributed by atoms with Crippen molar-refractivity contribution in [1.82, 2.24) is 0 Å². The molecule has 8 heteroatoms. The summed E-state index contributed by atoms with van der Waals surface area (Å²) in [6.07, 6.45) is -10.6. The molecule has 0 fully saturated rings. The molecule has 0 aliphatic carbocycles. The standard InChI is InChI=1S/C13H10F6O2/c1-10(20,12(14,15)16)7-8-11(21,13(17,18)19)9-5-3-2-4-6-9/h2-6,20-21H,1H3. The molecule has 0 bridgehead atoms. The lowest BCUT2D eigenvalue weighted by molar-refractivity contribution is -0.242. The van der Waals surface area contributed by atoms with Crippen molar-refractivity contribution in [2.45, 2.75) is 30.5 Å². The van der Waals surface area contributed by atoms with Gasteiger partial charge in [-0.3, -0.25) is 0 Å². The van der Waals surface area contributed by atoms with Crippen LogP contribution in [0.4, 0.5) is 26.3 Å². The van der Waals surface area contributed by atoms with Gasteiger partial charge in [-0.25, -0.2) is 0 Å². The SMILES string of the molecule is CC(O)(C#CC(O)(c1ccccc1)C(F)(F)F)C(F)(F)F. The second kappa shape index (κ2) is 5.24. The van der Waals surface area contributed by atoms with E-state index in [0.29, 0.717) is 0 Å². The summed E-state index contributed by atoms with van der Waals surface area (Å²) in [7, 11) is 0. The molecule has 0 aliphatic heterocycles. The Morgan fingerprint density at radius 3 is 1.67 bits per heavy atom. The first-order valence-corrected chi connectivity index (χ1v) is 5.49. The number of hydrogen-bond acceptors (Lipinski definition) is 2. The van der Waals surface area contributed by atoms with E-state index in [4.69, 9.17) is 5.11 Å². The smallest absolute Gasteiger partial charge is 0.370 e. The number of alkyl halides is 6. The Hall–Kier alpha value is -1.72. The number of aliphatic hydroxyl groups is 2. The first-order valence-electron chi connectivity index (χ1n) is 5.49. The molecule has 0 radical (unpaired) electrons. The zero-order chi connectivity index (χ0) is 16.5. The fourth-order valence-corrected chi connectivity index (χ4v) is 1.27. The first-order chi connectivity index (χ1) is 9.31. The van der Waals surface area contributed by atoms with E-state index in [-0.39, 0.29) is 6.92 Å². The highest BCUT2D eigenvalue weighted by atomic mass is 19.4. The minimum atomic E-state index is -5.34. The second-order valence-electron chi connectivity index (χ2n) is 4.39. The third-order valence-electron chi connectivity index (χ3n) is 2.64. The summed E-state index contributed by atoms with van der Waals surface area (Å²) >= 11 is 0. The fourth-order valence-electron chi connectivity index (χ4n) is 1.27. The fraction of sp³-hybridized carbons (Fsp3) is 0.385. The average molecular weight is 312 g/mol. The molecule has 1 rings (SSSR count). The summed E-state index contributed by atoms with van der Waals surface area (Å²) < 4.78 is 76.0. The van der Waals surface area contributed by atoms with Gasteiger partial charge in [-0.15, -0.1) is 0 Å². The quantitative estimate of drug-likeness (QED) is 0.618. The van der Waals surface area contributed by atoms with E-state index in [1.807, 2.05) is 0 Å². The van der Waals surface area contributed by atoms with Crippen LogP contribution in [0.1, 0.15) is 12.5 Å². The number of halogens is 6. The van der Waals surface area contributed by atoms with E-state index >= 15 is 0 Å². The topological polar surface area (TPSA) is 40.5 Å². The van der Waals surface area contributed by atoms with Crippen LogP contribution >= 0.6 is 0 Å². The summed E-state index contributed by atoms with van der Waals surface area (Å²) in [5, 5.41) is 18.7. The Balaban J connectivity index is 3.39. The molecule has 0 heterocycles. The third-order valence-corrected chi connectivity index (χ3v) is 2.64. The van der Waals surface area contributed by atoms with Crippen LogP contribution in [0, 0.1) is 11.8 Å². The Morgan fingerprint density at radius 2 is 1.29 bits per heavy atom. The Kier molecular flexibility index (Phi) is 4.32. The van der Waals surface area contributed by atoms with E-state index in [0.717, 1.165) is 36.1 Å². The van der Waals surface area contributed by atoms with Crippen molar-refractivity contribution in [3.05, 3.63) is 35.9 Å². The molecular formula is C13H10F6O2. The summed E-state index contributed by atoms with van der Waals surface area (Å²) in [5.41, 5.74) is -8.24. The predicted molar refractivity (Wildman–Crippen MR) is 60.8 cm³/mol. The normalized spacial score (nSPS) is 18.1. The number of benzene rings is 1. The maximum absolute atomic E-state index is 12.9. The van der Waals surface area contributed by atoms with Crippen LogP contribution in [0.5, 0.6) is 0 Å². The zero-order valence-corrected chi connectivity index (χ0v) is 10.5. The molecule has 2 N–H and O–H groups in total. The van der Waals surface area contributed by atoms with Gasteiger partial charge in [-0.05, 0) is 6.92 Å². The molecule has 0 spiro atoms. The highest BCUT2D eigenvalue weighted by Gasteiger charge is 2.55. The predicted octanol–water partition coefficient (Wildman–Crippen LogP) is 2.75. The molecule has 2 nitrogen and oxygen atoms in total. The maximum Gasteiger partial charge on any atom is 0.433 e. The van der Waals surface area contributed by atoms with Crippen molar-refractivity contribution in [3.63, 3.8) is 0 Å². The van der Waals surface area contributed by atoms with E-state index in [1.54, 1.807) is 0 Å². The summed E-state index contributed by atoms with van der Waals surface area (Å²) in [4.78, 5) is 0. The summed E-state index contributed by atoms with van der Waals surface area (Å²) in [6.45, 7) is 0.196. The van der Waals surface area contributed by atoms with Crippen molar-refractivity contribution < 1.29 is 36.6 Å². The molecule has 0 saturated carbocycles. The van der Waals surface area contributed by atoms with E-state index < -0.39 is 29.1 Å². The van der Waals surface area contributed by atoms with Gasteiger partial charge in [0.05, 0.1) is 0 Å². The molecule has 116 valence electrons.